The van der Waals surface area contributed by atoms with E-state index < -0.39 is 5.91 Å². The molecule has 2 amide bonds. The van der Waals surface area contributed by atoms with Gasteiger partial charge in [-0.2, -0.15) is 0 Å². The van der Waals surface area contributed by atoms with E-state index in [-0.39, 0.29) is 17.3 Å². The van der Waals surface area contributed by atoms with E-state index in [9.17, 15) is 9.59 Å². The third-order valence-electron chi connectivity index (χ3n) is 5.24. The fraction of sp³-hybridized carbons (Fsp3) is 0.0769. The van der Waals surface area contributed by atoms with Gasteiger partial charge in [-0.15, -0.1) is 5.10 Å². The van der Waals surface area contributed by atoms with Crippen molar-refractivity contribution in [2.45, 2.75) is 6.92 Å². The van der Waals surface area contributed by atoms with Gasteiger partial charge in [0.05, 0.1) is 18.5 Å². The number of carbonyl (C=O) groups is 2. The number of nitrogens with one attached hydrogen (secondary N) is 1. The summed E-state index contributed by atoms with van der Waals surface area (Å²) in [7, 11) is 1.51. The summed E-state index contributed by atoms with van der Waals surface area (Å²) in [5.74, 6) is 0.160. The predicted octanol–water partition coefficient (Wildman–Crippen LogP) is 3.85. The number of carbonyl (C=O) groups excluding carboxylic acids is 2. The van der Waals surface area contributed by atoms with Crippen LogP contribution in [0.15, 0.2) is 73.3 Å². The van der Waals surface area contributed by atoms with E-state index in [1.165, 1.54) is 17.9 Å². The number of nitrogen functional groups attached to an aromatic ring is 1. The molecule has 0 aliphatic rings. The maximum atomic E-state index is 12.3. The van der Waals surface area contributed by atoms with Crippen LogP contribution in [0.2, 0.25) is 0 Å². The molecule has 182 valence electrons. The topological polar surface area (TPSA) is 147 Å². The van der Waals surface area contributed by atoms with Gasteiger partial charge in [0.2, 0.25) is 11.8 Å². The highest BCUT2D eigenvalue weighted by molar-refractivity contribution is 6.04. The van der Waals surface area contributed by atoms with Crippen LogP contribution < -0.4 is 26.3 Å². The van der Waals surface area contributed by atoms with Gasteiger partial charge in [0.1, 0.15) is 5.56 Å². The second-order valence-corrected chi connectivity index (χ2v) is 7.71. The molecule has 0 aliphatic heterocycles. The van der Waals surface area contributed by atoms with E-state index in [0.29, 0.717) is 40.0 Å². The Hall–Kier alpha value is -5.12. The summed E-state index contributed by atoms with van der Waals surface area (Å²) in [6.45, 7) is 5.30. The summed E-state index contributed by atoms with van der Waals surface area (Å²) in [4.78, 5) is 28.3. The zero-order valence-electron chi connectivity index (χ0n) is 19.7. The number of methoxy groups -OCH3 is 1. The smallest absolute Gasteiger partial charge is 0.254 e. The average Bonchev–Trinajstić information content (AvgIpc) is 3.22. The molecule has 0 spiro atoms. The zero-order chi connectivity index (χ0) is 25.8. The number of anilines is 2. The Morgan fingerprint density at radius 2 is 1.83 bits per heavy atom. The summed E-state index contributed by atoms with van der Waals surface area (Å²) in [5.41, 5.74) is 14.7. The number of hydrogen-bond acceptors (Lipinski definition) is 7. The summed E-state index contributed by atoms with van der Waals surface area (Å²) < 4.78 is 13.0. The molecule has 0 saturated heterocycles. The fourth-order valence-corrected chi connectivity index (χ4v) is 3.60. The van der Waals surface area contributed by atoms with Crippen molar-refractivity contribution < 1.29 is 19.1 Å². The van der Waals surface area contributed by atoms with Gasteiger partial charge < -0.3 is 26.3 Å². The minimum Gasteiger partial charge on any atom is -0.493 e. The normalized spacial score (nSPS) is 10.5. The first kappa shape index (κ1) is 24.0. The number of ether oxygens (including phenoxy) is 2. The highest BCUT2D eigenvalue weighted by Crippen LogP contribution is 2.38. The molecule has 4 rings (SSSR count). The van der Waals surface area contributed by atoms with Gasteiger partial charge in [-0.05, 0) is 61.5 Å². The molecule has 2 aromatic carbocycles. The van der Waals surface area contributed by atoms with Gasteiger partial charge in [-0.1, -0.05) is 12.6 Å². The first-order valence-electron chi connectivity index (χ1n) is 10.8. The average molecular weight is 485 g/mol. The number of aryl methyl sites for hydroxylation is 1. The molecule has 0 bridgehead atoms. The van der Waals surface area contributed by atoms with Gasteiger partial charge in [-0.25, -0.2) is 9.67 Å². The molecule has 0 aliphatic carbocycles. The van der Waals surface area contributed by atoms with E-state index in [4.69, 9.17) is 20.9 Å². The van der Waals surface area contributed by atoms with E-state index >= 15 is 0 Å². The summed E-state index contributed by atoms with van der Waals surface area (Å²) in [5, 5.41) is 7.02. The van der Waals surface area contributed by atoms with E-state index in [2.05, 4.69) is 22.0 Å². The Bertz CT molecular complexity index is 1460. The maximum absolute atomic E-state index is 12.3. The van der Waals surface area contributed by atoms with Crippen LogP contribution in [0, 0.1) is 6.92 Å². The molecule has 10 heteroatoms. The number of hydrogen-bond donors (Lipinski definition) is 3. The van der Waals surface area contributed by atoms with Crippen LogP contribution in [0.4, 0.5) is 11.5 Å². The van der Waals surface area contributed by atoms with Gasteiger partial charge in [0.15, 0.2) is 17.3 Å². The first-order chi connectivity index (χ1) is 17.3. The van der Waals surface area contributed by atoms with Crippen LogP contribution >= 0.6 is 0 Å². The van der Waals surface area contributed by atoms with Crippen molar-refractivity contribution in [3.63, 3.8) is 0 Å². The lowest BCUT2D eigenvalue weighted by Crippen LogP contribution is -2.14. The zero-order valence-corrected chi connectivity index (χ0v) is 19.7. The molecule has 4 aromatic rings. The van der Waals surface area contributed by atoms with Crippen LogP contribution in [-0.2, 0) is 4.79 Å². The van der Waals surface area contributed by atoms with Gasteiger partial charge in [0, 0.05) is 23.0 Å². The Balaban J connectivity index is 1.78. The molecule has 0 atom stereocenters. The first-order valence-corrected chi connectivity index (χ1v) is 10.8. The van der Waals surface area contributed by atoms with Crippen molar-refractivity contribution in [2.75, 3.05) is 18.2 Å². The summed E-state index contributed by atoms with van der Waals surface area (Å²) in [6, 6.07) is 17.4. The number of amides is 2. The van der Waals surface area contributed by atoms with Crippen molar-refractivity contribution in [3.8, 4) is 34.3 Å². The minimum absolute atomic E-state index is 0.0233. The second kappa shape index (κ2) is 10.0. The molecule has 2 heterocycles. The highest BCUT2D eigenvalue weighted by atomic mass is 16.5. The largest absolute Gasteiger partial charge is 0.493 e. The lowest BCUT2D eigenvalue weighted by molar-refractivity contribution is -0.111. The molecule has 10 nitrogen and oxygen atoms in total. The third-order valence-corrected chi connectivity index (χ3v) is 5.24. The fourth-order valence-electron chi connectivity index (χ4n) is 3.60. The van der Waals surface area contributed by atoms with Crippen LogP contribution in [-0.4, -0.2) is 33.7 Å². The molecule has 0 saturated carbocycles. The standard InChI is InChI=1S/C26H24N6O4/c1-4-21(33)30-17-9-11-18(12-10-17)32-24(23(26(28)34)25(27)31-32)16-8-13-19(20(14-16)35-3)36-22-7-5-6-15(2)29-22/h4-14H,1H2,2-3H3,(H2,27,31)(H2,28,34)(H,30,33). The number of pyridine rings is 1. The monoisotopic (exact) mass is 484 g/mol. The molecular formula is C26H24N6O4. The van der Waals surface area contributed by atoms with Crippen LogP contribution in [0.1, 0.15) is 16.1 Å². The number of nitrogens with two attached hydrogens (primary N) is 2. The molecular weight excluding hydrogens is 460 g/mol. The summed E-state index contributed by atoms with van der Waals surface area (Å²) >= 11 is 0. The Kier molecular flexibility index (Phi) is 6.68. The Morgan fingerprint density at radius 1 is 1.08 bits per heavy atom. The maximum Gasteiger partial charge on any atom is 0.254 e. The van der Waals surface area contributed by atoms with Crippen LogP contribution in [0.3, 0.4) is 0 Å². The molecule has 0 radical (unpaired) electrons. The SMILES string of the molecule is C=CC(=O)Nc1ccc(-n2nc(N)c(C(N)=O)c2-c2ccc(Oc3cccc(C)n3)c(OC)c2)cc1. The number of aromatic nitrogens is 3. The second-order valence-electron chi connectivity index (χ2n) is 7.71. The number of primary amides is 1. The van der Waals surface area contributed by atoms with Crippen LogP contribution in [0.5, 0.6) is 17.4 Å². The van der Waals surface area contributed by atoms with Crippen molar-refractivity contribution >= 4 is 23.3 Å². The van der Waals surface area contributed by atoms with Gasteiger partial charge >= 0.3 is 0 Å². The minimum atomic E-state index is -0.730. The van der Waals surface area contributed by atoms with Crippen LogP contribution in [0.25, 0.3) is 16.9 Å². The van der Waals surface area contributed by atoms with E-state index in [1.807, 2.05) is 19.1 Å². The molecule has 0 fully saturated rings. The van der Waals surface area contributed by atoms with E-state index in [1.54, 1.807) is 48.5 Å². The van der Waals surface area contributed by atoms with Crippen molar-refractivity contribution in [1.29, 1.82) is 0 Å². The molecule has 2 aromatic heterocycles. The van der Waals surface area contributed by atoms with Gasteiger partial charge in [0.25, 0.3) is 5.91 Å². The number of rotatable bonds is 8. The Morgan fingerprint density at radius 3 is 2.47 bits per heavy atom. The third kappa shape index (κ3) is 4.87. The number of nitrogens with zero attached hydrogens (tertiary/aromatic N) is 3. The summed E-state index contributed by atoms with van der Waals surface area (Å²) in [6.07, 6.45) is 1.18. The van der Waals surface area contributed by atoms with Crippen molar-refractivity contribution in [1.82, 2.24) is 14.8 Å². The predicted molar refractivity (Wildman–Crippen MR) is 136 cm³/mol. The highest BCUT2D eigenvalue weighted by Gasteiger charge is 2.24. The lowest BCUT2D eigenvalue weighted by atomic mass is 10.1. The molecule has 0 unspecified atom stereocenters. The quantitative estimate of drug-likeness (QED) is 0.322. The van der Waals surface area contributed by atoms with Gasteiger partial charge in [-0.3, -0.25) is 9.59 Å². The molecule has 5 N–H and O–H groups in total. The Labute approximate surface area is 207 Å². The number of benzene rings is 2. The van der Waals surface area contributed by atoms with Crippen molar-refractivity contribution in [2.24, 2.45) is 5.73 Å². The lowest BCUT2D eigenvalue weighted by Gasteiger charge is -2.14. The van der Waals surface area contributed by atoms with E-state index in [0.717, 1.165) is 5.69 Å². The molecule has 36 heavy (non-hydrogen) atoms. The van der Waals surface area contributed by atoms with Crippen molar-refractivity contribution in [3.05, 3.63) is 84.6 Å².